The van der Waals surface area contributed by atoms with Crippen LogP contribution in [0.5, 0.6) is 0 Å². The first-order chi connectivity index (χ1) is 6.66. The van der Waals surface area contributed by atoms with E-state index in [0.717, 1.165) is 6.07 Å². The van der Waals surface area contributed by atoms with Gasteiger partial charge in [-0.3, -0.25) is 4.79 Å². The predicted molar refractivity (Wildman–Crippen MR) is 46.0 cm³/mol. The molecule has 74 valence electrons. The second-order valence-electron chi connectivity index (χ2n) is 2.58. The van der Waals surface area contributed by atoms with Crippen LogP contribution in [0.3, 0.4) is 0 Å². The van der Waals surface area contributed by atoms with Crippen LogP contribution in [-0.4, -0.2) is 17.5 Å². The van der Waals surface area contributed by atoms with Gasteiger partial charge in [-0.15, -0.1) is 0 Å². The van der Waals surface area contributed by atoms with E-state index in [1.165, 1.54) is 18.2 Å². The molecule has 1 amide bonds. The fourth-order valence-corrected chi connectivity index (χ4v) is 1.07. The molecule has 0 heterocycles. The van der Waals surface area contributed by atoms with Crippen molar-refractivity contribution in [3.8, 4) is 0 Å². The Morgan fingerprint density at radius 2 is 2.14 bits per heavy atom. The summed E-state index contributed by atoms with van der Waals surface area (Å²) in [6.45, 7) is 0. The molecule has 0 aliphatic heterocycles. The SMILES string of the molecule is O=CNC(C(=O)O)c1ccccc1F. The molecule has 5 heteroatoms. The van der Waals surface area contributed by atoms with Crippen molar-refractivity contribution in [1.82, 2.24) is 5.32 Å². The molecule has 0 aliphatic rings. The number of hydrogen-bond donors (Lipinski definition) is 2. The van der Waals surface area contributed by atoms with E-state index >= 15 is 0 Å². The molecule has 1 rings (SSSR count). The van der Waals surface area contributed by atoms with E-state index in [-0.39, 0.29) is 12.0 Å². The Hall–Kier alpha value is -1.91. The van der Waals surface area contributed by atoms with E-state index in [1.807, 2.05) is 5.32 Å². The molecular weight excluding hydrogens is 189 g/mol. The molecular formula is C9H8FNO3. The van der Waals surface area contributed by atoms with Crippen molar-refractivity contribution in [2.75, 3.05) is 0 Å². The molecule has 1 aromatic carbocycles. The largest absolute Gasteiger partial charge is 0.479 e. The van der Waals surface area contributed by atoms with Crippen molar-refractivity contribution in [2.24, 2.45) is 0 Å². The lowest BCUT2D eigenvalue weighted by Gasteiger charge is -2.11. The molecule has 0 aliphatic carbocycles. The van der Waals surface area contributed by atoms with E-state index in [2.05, 4.69) is 0 Å². The summed E-state index contributed by atoms with van der Waals surface area (Å²) in [5, 5.41) is 10.7. The first-order valence-electron chi connectivity index (χ1n) is 3.83. The van der Waals surface area contributed by atoms with Crippen molar-refractivity contribution in [3.05, 3.63) is 35.6 Å². The highest BCUT2D eigenvalue weighted by molar-refractivity contribution is 5.78. The standard InChI is InChI=1S/C9H8FNO3/c10-7-4-2-1-3-6(7)8(9(13)14)11-5-12/h1-5,8H,(H,11,12)(H,13,14). The number of rotatable bonds is 4. The van der Waals surface area contributed by atoms with Crippen LogP contribution in [0.25, 0.3) is 0 Å². The minimum atomic E-state index is -1.34. The zero-order valence-corrected chi connectivity index (χ0v) is 7.11. The first kappa shape index (κ1) is 10.2. The summed E-state index contributed by atoms with van der Waals surface area (Å²) >= 11 is 0. The predicted octanol–water partition coefficient (Wildman–Crippen LogP) is 0.697. The van der Waals surface area contributed by atoms with Gasteiger partial charge in [-0.25, -0.2) is 9.18 Å². The van der Waals surface area contributed by atoms with Gasteiger partial charge in [-0.2, -0.15) is 0 Å². The number of benzene rings is 1. The Kier molecular flexibility index (Phi) is 3.17. The quantitative estimate of drug-likeness (QED) is 0.698. The Morgan fingerprint density at radius 3 is 2.64 bits per heavy atom. The lowest BCUT2D eigenvalue weighted by Crippen LogP contribution is -2.28. The minimum absolute atomic E-state index is 0.0629. The van der Waals surface area contributed by atoms with E-state index in [1.54, 1.807) is 0 Å². The second kappa shape index (κ2) is 4.36. The second-order valence-corrected chi connectivity index (χ2v) is 2.58. The van der Waals surface area contributed by atoms with Crippen molar-refractivity contribution in [1.29, 1.82) is 0 Å². The van der Waals surface area contributed by atoms with E-state index < -0.39 is 17.8 Å². The number of amides is 1. The molecule has 0 radical (unpaired) electrons. The fraction of sp³-hybridized carbons (Fsp3) is 0.111. The van der Waals surface area contributed by atoms with Crippen molar-refractivity contribution in [3.63, 3.8) is 0 Å². The molecule has 0 saturated heterocycles. The number of carbonyl (C=O) groups excluding carboxylic acids is 1. The summed E-state index contributed by atoms with van der Waals surface area (Å²) in [7, 11) is 0. The van der Waals surface area contributed by atoms with Gasteiger partial charge in [0.1, 0.15) is 5.82 Å². The van der Waals surface area contributed by atoms with Gasteiger partial charge < -0.3 is 10.4 Å². The van der Waals surface area contributed by atoms with Crippen LogP contribution < -0.4 is 5.32 Å². The summed E-state index contributed by atoms with van der Waals surface area (Å²) < 4.78 is 13.1. The normalized spacial score (nSPS) is 11.8. The van der Waals surface area contributed by atoms with Crippen LogP contribution in [0.2, 0.25) is 0 Å². The van der Waals surface area contributed by atoms with Gasteiger partial charge in [0.15, 0.2) is 6.04 Å². The van der Waals surface area contributed by atoms with Gasteiger partial charge in [0, 0.05) is 5.56 Å². The molecule has 0 spiro atoms. The van der Waals surface area contributed by atoms with Crippen LogP contribution in [-0.2, 0) is 9.59 Å². The third-order valence-corrected chi connectivity index (χ3v) is 1.70. The lowest BCUT2D eigenvalue weighted by molar-refractivity contribution is -0.140. The summed E-state index contributed by atoms with van der Waals surface area (Å²) in [5.41, 5.74) is -0.0629. The van der Waals surface area contributed by atoms with Crippen LogP contribution >= 0.6 is 0 Å². The van der Waals surface area contributed by atoms with Crippen molar-refractivity contribution in [2.45, 2.75) is 6.04 Å². The highest BCUT2D eigenvalue weighted by atomic mass is 19.1. The smallest absolute Gasteiger partial charge is 0.331 e. The Labute approximate surface area is 79.4 Å². The molecule has 0 bridgehead atoms. The average Bonchev–Trinajstić information content (AvgIpc) is 2.15. The Balaban J connectivity index is 3.04. The number of halogens is 1. The molecule has 0 saturated carbocycles. The maximum Gasteiger partial charge on any atom is 0.331 e. The summed E-state index contributed by atoms with van der Waals surface area (Å²) in [6, 6.07) is 4.05. The van der Waals surface area contributed by atoms with Gasteiger partial charge in [0.25, 0.3) is 0 Å². The number of carbonyl (C=O) groups is 2. The van der Waals surface area contributed by atoms with E-state index in [0.29, 0.717) is 0 Å². The third kappa shape index (κ3) is 2.07. The van der Waals surface area contributed by atoms with Crippen molar-refractivity contribution < 1.29 is 19.1 Å². The number of hydrogen-bond acceptors (Lipinski definition) is 2. The zero-order valence-electron chi connectivity index (χ0n) is 7.11. The van der Waals surface area contributed by atoms with Gasteiger partial charge in [0.05, 0.1) is 0 Å². The Morgan fingerprint density at radius 1 is 1.50 bits per heavy atom. The summed E-state index contributed by atoms with van der Waals surface area (Å²) in [4.78, 5) is 20.8. The highest BCUT2D eigenvalue weighted by Gasteiger charge is 2.21. The molecule has 1 unspecified atom stereocenters. The van der Waals surface area contributed by atoms with Gasteiger partial charge >= 0.3 is 5.97 Å². The molecule has 1 atom stereocenters. The van der Waals surface area contributed by atoms with Crippen molar-refractivity contribution >= 4 is 12.4 Å². The number of carboxylic acids is 1. The average molecular weight is 197 g/mol. The van der Waals surface area contributed by atoms with Crippen LogP contribution in [0.1, 0.15) is 11.6 Å². The monoisotopic (exact) mass is 197 g/mol. The van der Waals surface area contributed by atoms with Gasteiger partial charge in [0.2, 0.25) is 6.41 Å². The molecule has 14 heavy (non-hydrogen) atoms. The number of carboxylic acid groups (broad SMARTS) is 1. The minimum Gasteiger partial charge on any atom is -0.479 e. The van der Waals surface area contributed by atoms with Gasteiger partial charge in [-0.1, -0.05) is 18.2 Å². The highest BCUT2D eigenvalue weighted by Crippen LogP contribution is 2.16. The lowest BCUT2D eigenvalue weighted by atomic mass is 10.1. The topological polar surface area (TPSA) is 66.4 Å². The molecule has 0 fully saturated rings. The fourth-order valence-electron chi connectivity index (χ4n) is 1.07. The number of aliphatic carboxylic acids is 1. The maximum atomic E-state index is 13.1. The first-order valence-corrected chi connectivity index (χ1v) is 3.83. The van der Waals surface area contributed by atoms with Gasteiger partial charge in [-0.05, 0) is 6.07 Å². The third-order valence-electron chi connectivity index (χ3n) is 1.70. The van der Waals surface area contributed by atoms with Crippen LogP contribution in [0.4, 0.5) is 4.39 Å². The molecule has 1 aromatic rings. The van der Waals surface area contributed by atoms with Crippen LogP contribution in [0.15, 0.2) is 24.3 Å². The molecule has 4 nitrogen and oxygen atoms in total. The Bertz CT molecular complexity index is 354. The zero-order chi connectivity index (χ0) is 10.6. The summed E-state index contributed by atoms with van der Waals surface area (Å²) in [5.74, 6) is -1.96. The van der Waals surface area contributed by atoms with E-state index in [4.69, 9.17) is 5.11 Å². The molecule has 0 aromatic heterocycles. The molecule has 2 N–H and O–H groups in total. The summed E-state index contributed by atoms with van der Waals surface area (Å²) in [6.07, 6.45) is 0.227. The van der Waals surface area contributed by atoms with Crippen LogP contribution in [0, 0.1) is 5.82 Å². The maximum absolute atomic E-state index is 13.1. The van der Waals surface area contributed by atoms with E-state index in [9.17, 15) is 14.0 Å². The number of nitrogens with one attached hydrogen (secondary N) is 1.